The van der Waals surface area contributed by atoms with Crippen molar-refractivity contribution in [1.82, 2.24) is 0 Å². The first-order valence-electron chi connectivity index (χ1n) is 5.42. The summed E-state index contributed by atoms with van der Waals surface area (Å²) in [6.45, 7) is 0. The lowest BCUT2D eigenvalue weighted by Gasteiger charge is -2.11. The van der Waals surface area contributed by atoms with Crippen LogP contribution < -0.4 is 0 Å². The highest BCUT2D eigenvalue weighted by atomic mass is 35.5. The number of hydrogen-bond donors (Lipinski definition) is 1. The second-order valence-electron chi connectivity index (χ2n) is 3.94. The molecule has 19 heavy (non-hydrogen) atoms. The first-order valence-corrected chi connectivity index (χ1v) is 6.55. The molecule has 2 aromatic rings. The number of carbonyl (C=O) groups excluding carboxylic acids is 1. The number of rotatable bonds is 3. The highest BCUT2D eigenvalue weighted by Gasteiger charge is 2.21. The molecule has 0 saturated heterocycles. The Morgan fingerprint density at radius 1 is 0.947 bits per heavy atom. The third kappa shape index (κ3) is 3.28. The van der Waals surface area contributed by atoms with Crippen LogP contribution in [-0.4, -0.2) is 10.9 Å². The third-order valence-electron chi connectivity index (χ3n) is 2.63. The molecule has 0 fully saturated rings. The predicted molar refractivity (Wildman–Crippen MR) is 77.2 cm³/mol. The van der Waals surface area contributed by atoms with Gasteiger partial charge in [-0.1, -0.05) is 46.9 Å². The minimum Gasteiger partial charge on any atom is -0.380 e. The van der Waals surface area contributed by atoms with Crippen LogP contribution in [0.2, 0.25) is 15.1 Å². The standard InChI is InChI=1S/C14H9Cl3O2/c15-9-3-1-8(2-4-9)13(18)14(19)11-6-5-10(16)7-12(11)17/h1-7,13,18H. The van der Waals surface area contributed by atoms with Crippen molar-refractivity contribution in [1.29, 1.82) is 0 Å². The molecule has 2 aromatic carbocycles. The fraction of sp³-hybridized carbons (Fsp3) is 0.0714. The van der Waals surface area contributed by atoms with Crippen molar-refractivity contribution in [2.75, 3.05) is 0 Å². The molecule has 2 nitrogen and oxygen atoms in total. The van der Waals surface area contributed by atoms with Gasteiger partial charge in [0.25, 0.3) is 0 Å². The van der Waals surface area contributed by atoms with Gasteiger partial charge >= 0.3 is 0 Å². The fourth-order valence-corrected chi connectivity index (χ4v) is 2.26. The second kappa shape index (κ2) is 5.93. The largest absolute Gasteiger partial charge is 0.380 e. The molecule has 0 saturated carbocycles. The Labute approximate surface area is 125 Å². The van der Waals surface area contributed by atoms with E-state index in [0.717, 1.165) is 0 Å². The monoisotopic (exact) mass is 314 g/mol. The zero-order chi connectivity index (χ0) is 14.0. The van der Waals surface area contributed by atoms with E-state index in [0.29, 0.717) is 15.6 Å². The van der Waals surface area contributed by atoms with Gasteiger partial charge in [-0.25, -0.2) is 0 Å². The van der Waals surface area contributed by atoms with E-state index < -0.39 is 11.9 Å². The molecule has 0 spiro atoms. The maximum atomic E-state index is 12.2. The van der Waals surface area contributed by atoms with Crippen molar-refractivity contribution in [3.8, 4) is 0 Å². The number of Topliss-reactive ketones (excluding diaryl/α,β-unsaturated/α-hetero) is 1. The highest BCUT2D eigenvalue weighted by molar-refractivity contribution is 6.37. The first kappa shape index (κ1) is 14.4. The van der Waals surface area contributed by atoms with E-state index in [9.17, 15) is 9.90 Å². The Hall–Kier alpha value is -1.06. The molecule has 0 aliphatic heterocycles. The lowest BCUT2D eigenvalue weighted by molar-refractivity contribution is 0.0747. The van der Waals surface area contributed by atoms with E-state index in [4.69, 9.17) is 34.8 Å². The zero-order valence-electron chi connectivity index (χ0n) is 9.61. The molecule has 0 amide bonds. The van der Waals surface area contributed by atoms with Crippen molar-refractivity contribution in [2.24, 2.45) is 0 Å². The maximum absolute atomic E-state index is 12.2. The average molecular weight is 316 g/mol. The van der Waals surface area contributed by atoms with Crippen LogP contribution in [0.1, 0.15) is 22.0 Å². The van der Waals surface area contributed by atoms with Gasteiger partial charge in [0.2, 0.25) is 0 Å². The Balaban J connectivity index is 2.30. The van der Waals surface area contributed by atoms with E-state index in [1.807, 2.05) is 0 Å². The molecule has 0 aliphatic rings. The van der Waals surface area contributed by atoms with Crippen LogP contribution in [0.4, 0.5) is 0 Å². The van der Waals surface area contributed by atoms with Crippen LogP contribution in [0, 0.1) is 0 Å². The zero-order valence-corrected chi connectivity index (χ0v) is 11.9. The lowest BCUT2D eigenvalue weighted by atomic mass is 10.00. The number of halogens is 3. The number of hydrogen-bond acceptors (Lipinski definition) is 2. The SMILES string of the molecule is O=C(c1ccc(Cl)cc1Cl)C(O)c1ccc(Cl)cc1. The number of ketones is 1. The third-order valence-corrected chi connectivity index (χ3v) is 3.43. The molecule has 0 heterocycles. The summed E-state index contributed by atoms with van der Waals surface area (Å²) >= 11 is 17.5. The van der Waals surface area contributed by atoms with Gasteiger partial charge in [0.1, 0.15) is 6.10 Å². The Morgan fingerprint density at radius 2 is 1.53 bits per heavy atom. The Kier molecular flexibility index (Phi) is 4.48. The van der Waals surface area contributed by atoms with Gasteiger partial charge in [-0.15, -0.1) is 0 Å². The highest BCUT2D eigenvalue weighted by Crippen LogP contribution is 2.26. The van der Waals surface area contributed by atoms with Crippen LogP contribution >= 0.6 is 34.8 Å². The number of aliphatic hydroxyl groups is 1. The molecule has 0 bridgehead atoms. The predicted octanol–water partition coefficient (Wildman–Crippen LogP) is 4.56. The van der Waals surface area contributed by atoms with E-state index in [1.165, 1.54) is 12.1 Å². The number of benzene rings is 2. The van der Waals surface area contributed by atoms with Gasteiger partial charge in [-0.2, -0.15) is 0 Å². The van der Waals surface area contributed by atoms with Crippen molar-refractivity contribution >= 4 is 40.6 Å². The van der Waals surface area contributed by atoms with Crippen LogP contribution in [0.3, 0.4) is 0 Å². The molecule has 1 unspecified atom stereocenters. The molecule has 0 aromatic heterocycles. The molecule has 0 aliphatic carbocycles. The molecule has 0 radical (unpaired) electrons. The van der Waals surface area contributed by atoms with Crippen molar-refractivity contribution < 1.29 is 9.90 Å². The molecule has 98 valence electrons. The summed E-state index contributed by atoms with van der Waals surface area (Å²) in [6, 6.07) is 10.9. The quantitative estimate of drug-likeness (QED) is 0.843. The molecular formula is C14H9Cl3O2. The normalized spacial score (nSPS) is 12.2. The van der Waals surface area contributed by atoms with E-state index >= 15 is 0 Å². The van der Waals surface area contributed by atoms with Crippen molar-refractivity contribution in [2.45, 2.75) is 6.10 Å². The molecule has 2 rings (SSSR count). The summed E-state index contributed by atoms with van der Waals surface area (Å²) in [4.78, 5) is 12.2. The van der Waals surface area contributed by atoms with Gasteiger partial charge in [0.15, 0.2) is 5.78 Å². The van der Waals surface area contributed by atoms with Crippen LogP contribution in [0.5, 0.6) is 0 Å². The van der Waals surface area contributed by atoms with Crippen molar-refractivity contribution in [3.05, 3.63) is 68.7 Å². The van der Waals surface area contributed by atoms with Crippen molar-refractivity contribution in [3.63, 3.8) is 0 Å². The summed E-state index contributed by atoms with van der Waals surface area (Å²) < 4.78 is 0. The topological polar surface area (TPSA) is 37.3 Å². The minimum atomic E-state index is -1.28. The van der Waals surface area contributed by atoms with E-state index in [-0.39, 0.29) is 10.6 Å². The van der Waals surface area contributed by atoms with Gasteiger partial charge in [0.05, 0.1) is 5.02 Å². The molecule has 1 N–H and O–H groups in total. The van der Waals surface area contributed by atoms with Gasteiger partial charge in [-0.3, -0.25) is 4.79 Å². The number of carbonyl (C=O) groups is 1. The smallest absolute Gasteiger partial charge is 0.197 e. The second-order valence-corrected chi connectivity index (χ2v) is 5.22. The van der Waals surface area contributed by atoms with Crippen LogP contribution in [0.25, 0.3) is 0 Å². The summed E-state index contributed by atoms with van der Waals surface area (Å²) in [5.74, 6) is -0.482. The fourth-order valence-electron chi connectivity index (χ4n) is 1.63. The first-order chi connectivity index (χ1) is 8.99. The summed E-state index contributed by atoms with van der Waals surface area (Å²) in [6.07, 6.45) is -1.28. The summed E-state index contributed by atoms with van der Waals surface area (Å²) in [5, 5.41) is 11.2. The van der Waals surface area contributed by atoms with Gasteiger partial charge < -0.3 is 5.11 Å². The average Bonchev–Trinajstić information content (AvgIpc) is 2.38. The number of aliphatic hydroxyl groups excluding tert-OH is 1. The summed E-state index contributed by atoms with van der Waals surface area (Å²) in [5.41, 5.74) is 0.689. The van der Waals surface area contributed by atoms with Crippen LogP contribution in [-0.2, 0) is 0 Å². The molecular weight excluding hydrogens is 307 g/mol. The lowest BCUT2D eigenvalue weighted by Crippen LogP contribution is -2.12. The van der Waals surface area contributed by atoms with E-state index in [2.05, 4.69) is 0 Å². The molecule has 5 heteroatoms. The minimum absolute atomic E-state index is 0.213. The summed E-state index contributed by atoms with van der Waals surface area (Å²) in [7, 11) is 0. The van der Waals surface area contributed by atoms with Crippen LogP contribution in [0.15, 0.2) is 42.5 Å². The molecule has 1 atom stereocenters. The maximum Gasteiger partial charge on any atom is 0.197 e. The van der Waals surface area contributed by atoms with Gasteiger partial charge in [-0.05, 0) is 35.9 Å². The Bertz CT molecular complexity index is 609. The Morgan fingerprint density at radius 3 is 2.11 bits per heavy atom. The van der Waals surface area contributed by atoms with Gasteiger partial charge in [0, 0.05) is 15.6 Å². The van der Waals surface area contributed by atoms with E-state index in [1.54, 1.807) is 30.3 Å².